The van der Waals surface area contributed by atoms with Crippen molar-refractivity contribution in [2.75, 3.05) is 11.9 Å². The summed E-state index contributed by atoms with van der Waals surface area (Å²) in [5.74, 6) is -2.46. The monoisotopic (exact) mass is 289 g/mol. The largest absolute Gasteiger partial charge is 0.451 e. The second-order valence-electron chi connectivity index (χ2n) is 4.26. The summed E-state index contributed by atoms with van der Waals surface area (Å²) < 4.78 is 51.7. The molecule has 0 spiro atoms. The van der Waals surface area contributed by atoms with E-state index in [4.69, 9.17) is 5.11 Å². The van der Waals surface area contributed by atoms with Crippen molar-refractivity contribution in [2.24, 2.45) is 0 Å². The van der Waals surface area contributed by atoms with Gasteiger partial charge in [0.15, 0.2) is 0 Å². The zero-order valence-corrected chi connectivity index (χ0v) is 10.4. The van der Waals surface area contributed by atoms with E-state index >= 15 is 0 Å². The third kappa shape index (κ3) is 2.96. The average Bonchev–Trinajstić information content (AvgIpc) is 2.35. The first-order valence-electron chi connectivity index (χ1n) is 5.74. The third-order valence-corrected chi connectivity index (χ3v) is 2.50. The second kappa shape index (κ2) is 5.20. The number of hydrogen-bond acceptors (Lipinski definition) is 4. The van der Waals surface area contributed by atoms with Gasteiger partial charge in [0, 0.05) is 11.9 Å². The van der Waals surface area contributed by atoms with Crippen molar-refractivity contribution < 1.29 is 22.7 Å². The number of aliphatic hydroxyl groups is 1. The minimum absolute atomic E-state index is 0.0140. The highest BCUT2D eigenvalue weighted by molar-refractivity contribution is 5.89. The molecule has 0 radical (unpaired) electrons. The zero-order chi connectivity index (χ0) is 14.9. The molecule has 20 heavy (non-hydrogen) atoms. The van der Waals surface area contributed by atoms with Crippen molar-refractivity contribution >= 4 is 16.7 Å². The molecule has 0 aliphatic rings. The standard InChI is InChI=1S/C12H11F4N3O/c1-6(20)5-17-10-7-3-2-4-8(13)9(7)18-11(19-10)12(14,15)16/h2-4,6,20H,5H2,1H3,(H,17,18,19). The van der Waals surface area contributed by atoms with Crippen LogP contribution in [0.25, 0.3) is 10.9 Å². The SMILES string of the molecule is CC(O)CNc1nc(C(F)(F)F)nc2c(F)cccc12. The summed E-state index contributed by atoms with van der Waals surface area (Å²) >= 11 is 0. The molecular weight excluding hydrogens is 278 g/mol. The van der Waals surface area contributed by atoms with Crippen molar-refractivity contribution in [3.8, 4) is 0 Å². The first-order valence-corrected chi connectivity index (χ1v) is 5.74. The Balaban J connectivity index is 2.60. The summed E-state index contributed by atoms with van der Waals surface area (Å²) in [6.07, 6.45) is -5.57. The van der Waals surface area contributed by atoms with Crippen LogP contribution < -0.4 is 5.32 Å². The van der Waals surface area contributed by atoms with Crippen molar-refractivity contribution in [3.63, 3.8) is 0 Å². The maximum atomic E-state index is 13.6. The van der Waals surface area contributed by atoms with Gasteiger partial charge in [0.05, 0.1) is 6.10 Å². The Hall–Kier alpha value is -1.96. The summed E-state index contributed by atoms with van der Waals surface area (Å²) in [4.78, 5) is 6.58. The molecule has 1 atom stereocenters. The number of nitrogens with zero attached hydrogens (tertiary/aromatic N) is 2. The van der Waals surface area contributed by atoms with Crippen LogP contribution in [-0.2, 0) is 6.18 Å². The molecule has 2 N–H and O–H groups in total. The molecule has 8 heteroatoms. The fraction of sp³-hybridized carbons (Fsp3) is 0.333. The predicted octanol–water partition coefficient (Wildman–Crippen LogP) is 2.58. The number of halogens is 4. The molecule has 1 aromatic heterocycles. The van der Waals surface area contributed by atoms with Crippen LogP contribution in [0.5, 0.6) is 0 Å². The molecule has 0 saturated heterocycles. The summed E-state index contributed by atoms with van der Waals surface area (Å²) in [7, 11) is 0. The average molecular weight is 289 g/mol. The van der Waals surface area contributed by atoms with Gasteiger partial charge < -0.3 is 10.4 Å². The van der Waals surface area contributed by atoms with E-state index in [1.54, 1.807) is 0 Å². The topological polar surface area (TPSA) is 58.0 Å². The van der Waals surface area contributed by atoms with E-state index in [1.807, 2.05) is 0 Å². The maximum absolute atomic E-state index is 13.6. The lowest BCUT2D eigenvalue weighted by atomic mass is 10.2. The van der Waals surface area contributed by atoms with Crippen LogP contribution in [0.2, 0.25) is 0 Å². The third-order valence-electron chi connectivity index (χ3n) is 2.50. The lowest BCUT2D eigenvalue weighted by Crippen LogP contribution is -2.19. The van der Waals surface area contributed by atoms with Crippen molar-refractivity contribution in [2.45, 2.75) is 19.2 Å². The van der Waals surface area contributed by atoms with E-state index in [9.17, 15) is 17.6 Å². The number of nitrogens with one attached hydrogen (secondary N) is 1. The highest BCUT2D eigenvalue weighted by Gasteiger charge is 2.35. The Labute approximate surface area is 111 Å². The number of rotatable bonds is 3. The molecule has 0 bridgehead atoms. The molecular formula is C12H11F4N3O. The van der Waals surface area contributed by atoms with E-state index in [1.165, 1.54) is 19.1 Å². The van der Waals surface area contributed by atoms with Gasteiger partial charge in [-0.2, -0.15) is 13.2 Å². The van der Waals surface area contributed by atoms with Gasteiger partial charge in [-0.05, 0) is 19.1 Å². The molecule has 0 fully saturated rings. The van der Waals surface area contributed by atoms with E-state index in [-0.39, 0.29) is 17.7 Å². The summed E-state index contributed by atoms with van der Waals surface area (Å²) in [6.45, 7) is 1.45. The predicted molar refractivity (Wildman–Crippen MR) is 64.7 cm³/mol. The van der Waals surface area contributed by atoms with Gasteiger partial charge in [-0.15, -0.1) is 0 Å². The van der Waals surface area contributed by atoms with Gasteiger partial charge in [-0.3, -0.25) is 0 Å². The first-order chi connectivity index (χ1) is 9.29. The van der Waals surface area contributed by atoms with Crippen LogP contribution in [0.15, 0.2) is 18.2 Å². The first kappa shape index (κ1) is 14.4. The van der Waals surface area contributed by atoms with Gasteiger partial charge in [0.2, 0.25) is 5.82 Å². The normalized spacial score (nSPS) is 13.5. The molecule has 2 aromatic rings. The quantitative estimate of drug-likeness (QED) is 0.853. The highest BCUT2D eigenvalue weighted by Crippen LogP contribution is 2.31. The van der Waals surface area contributed by atoms with Crippen LogP contribution in [0.4, 0.5) is 23.4 Å². The summed E-state index contributed by atoms with van der Waals surface area (Å²) in [6, 6.07) is 3.78. The van der Waals surface area contributed by atoms with Crippen LogP contribution in [0, 0.1) is 5.82 Å². The van der Waals surface area contributed by atoms with Gasteiger partial charge >= 0.3 is 6.18 Å². The fourth-order valence-corrected chi connectivity index (χ4v) is 1.62. The molecule has 4 nitrogen and oxygen atoms in total. The zero-order valence-electron chi connectivity index (χ0n) is 10.4. The number of benzene rings is 1. The number of hydrogen-bond donors (Lipinski definition) is 2. The van der Waals surface area contributed by atoms with Crippen LogP contribution in [0.1, 0.15) is 12.7 Å². The second-order valence-corrected chi connectivity index (χ2v) is 4.26. The molecule has 0 aliphatic heterocycles. The van der Waals surface area contributed by atoms with Gasteiger partial charge in [0.25, 0.3) is 0 Å². The Kier molecular flexibility index (Phi) is 3.76. The summed E-state index contributed by atoms with van der Waals surface area (Å²) in [5.41, 5.74) is -0.414. The van der Waals surface area contributed by atoms with Gasteiger partial charge in [0.1, 0.15) is 17.2 Å². The molecule has 1 unspecified atom stereocenters. The minimum atomic E-state index is -4.78. The molecule has 0 saturated carbocycles. The Morgan fingerprint density at radius 1 is 1.30 bits per heavy atom. The minimum Gasteiger partial charge on any atom is -0.392 e. The van der Waals surface area contributed by atoms with Gasteiger partial charge in [-0.25, -0.2) is 14.4 Å². The molecule has 1 aromatic carbocycles. The Bertz CT molecular complexity index is 628. The van der Waals surface area contributed by atoms with Crippen LogP contribution in [0.3, 0.4) is 0 Å². The number of aromatic nitrogens is 2. The lowest BCUT2D eigenvalue weighted by molar-refractivity contribution is -0.144. The Morgan fingerprint density at radius 3 is 2.60 bits per heavy atom. The van der Waals surface area contributed by atoms with Crippen molar-refractivity contribution in [1.29, 1.82) is 0 Å². The maximum Gasteiger partial charge on any atom is 0.451 e. The van der Waals surface area contributed by atoms with E-state index in [2.05, 4.69) is 15.3 Å². The molecule has 2 rings (SSSR count). The Morgan fingerprint density at radius 2 is 2.00 bits per heavy atom. The van der Waals surface area contributed by atoms with Crippen molar-refractivity contribution in [1.82, 2.24) is 9.97 Å². The van der Waals surface area contributed by atoms with Crippen molar-refractivity contribution in [3.05, 3.63) is 29.8 Å². The number of alkyl halides is 3. The van der Waals surface area contributed by atoms with Crippen LogP contribution in [-0.4, -0.2) is 27.7 Å². The van der Waals surface area contributed by atoms with Crippen LogP contribution >= 0.6 is 0 Å². The number of fused-ring (bicyclic) bond motifs is 1. The number of anilines is 1. The molecule has 1 heterocycles. The number of aliphatic hydroxyl groups excluding tert-OH is 1. The highest BCUT2D eigenvalue weighted by atomic mass is 19.4. The molecule has 0 amide bonds. The summed E-state index contributed by atoms with van der Waals surface area (Å²) in [5, 5.41) is 11.9. The molecule has 108 valence electrons. The van der Waals surface area contributed by atoms with E-state index in [0.29, 0.717) is 0 Å². The van der Waals surface area contributed by atoms with E-state index in [0.717, 1.165) is 6.07 Å². The fourth-order valence-electron chi connectivity index (χ4n) is 1.62. The smallest absolute Gasteiger partial charge is 0.392 e. The lowest BCUT2D eigenvalue weighted by Gasteiger charge is -2.13. The number of para-hydroxylation sites is 1. The van der Waals surface area contributed by atoms with E-state index < -0.39 is 29.4 Å². The molecule has 0 aliphatic carbocycles. The van der Waals surface area contributed by atoms with Gasteiger partial charge in [-0.1, -0.05) is 6.07 Å².